The zero-order chi connectivity index (χ0) is 18.2. The molecule has 0 aliphatic rings. The van der Waals surface area contributed by atoms with E-state index in [4.69, 9.17) is 0 Å². The third-order valence-electron chi connectivity index (χ3n) is 3.09. The third-order valence-corrected chi connectivity index (χ3v) is 4.89. The molecule has 12 heteroatoms. The molecule has 0 aromatic carbocycles. The summed E-state index contributed by atoms with van der Waals surface area (Å²) in [5, 5.41) is 3.67. The molecular weight excluding hydrogens is 359 g/mol. The highest BCUT2D eigenvalue weighted by Crippen LogP contribution is 2.38. The van der Waals surface area contributed by atoms with Gasteiger partial charge in [-0.2, -0.15) is 27.1 Å². The Hall–Kier alpha value is -2.11. The molecule has 132 valence electrons. The summed E-state index contributed by atoms with van der Waals surface area (Å²) in [6.45, 7) is 1.24. The van der Waals surface area contributed by atoms with Gasteiger partial charge in [0.25, 0.3) is 0 Å². The molecule has 0 aliphatic carbocycles. The molecule has 0 spiro atoms. The lowest BCUT2D eigenvalue weighted by atomic mass is 10.1. The first-order valence-electron chi connectivity index (χ1n) is 6.50. The van der Waals surface area contributed by atoms with Crippen LogP contribution in [0.1, 0.15) is 12.6 Å². The quantitative estimate of drug-likeness (QED) is 0.754. The SMILES string of the molecule is CCS(=O)(=O)c1ccc(-n2cncn2)nc1CC(F)(F)C(F)(F)F. The molecule has 2 aromatic rings. The molecule has 0 saturated carbocycles. The van der Waals surface area contributed by atoms with E-state index in [2.05, 4.69) is 15.1 Å². The van der Waals surface area contributed by atoms with Crippen LogP contribution in [0.5, 0.6) is 0 Å². The van der Waals surface area contributed by atoms with Gasteiger partial charge in [0.15, 0.2) is 15.7 Å². The number of pyridine rings is 1. The van der Waals surface area contributed by atoms with E-state index >= 15 is 0 Å². The van der Waals surface area contributed by atoms with Gasteiger partial charge in [0.2, 0.25) is 0 Å². The van der Waals surface area contributed by atoms with Crippen molar-refractivity contribution in [3.05, 3.63) is 30.5 Å². The Morgan fingerprint density at radius 1 is 1.17 bits per heavy atom. The monoisotopic (exact) mass is 370 g/mol. The lowest BCUT2D eigenvalue weighted by Crippen LogP contribution is -2.39. The van der Waals surface area contributed by atoms with Crippen molar-refractivity contribution in [2.45, 2.75) is 30.3 Å². The van der Waals surface area contributed by atoms with E-state index in [-0.39, 0.29) is 5.82 Å². The molecule has 0 aliphatic heterocycles. The summed E-state index contributed by atoms with van der Waals surface area (Å²) in [5.74, 6) is -5.73. The average molecular weight is 370 g/mol. The first-order valence-corrected chi connectivity index (χ1v) is 8.15. The molecule has 24 heavy (non-hydrogen) atoms. The van der Waals surface area contributed by atoms with Crippen molar-refractivity contribution in [1.82, 2.24) is 19.7 Å². The molecule has 0 fully saturated rings. The van der Waals surface area contributed by atoms with E-state index in [9.17, 15) is 30.4 Å². The number of hydrogen-bond acceptors (Lipinski definition) is 5. The molecule has 2 aromatic heterocycles. The van der Waals surface area contributed by atoms with Gasteiger partial charge in [0.05, 0.1) is 22.8 Å². The van der Waals surface area contributed by atoms with Crippen LogP contribution in [0.15, 0.2) is 29.7 Å². The second kappa shape index (κ2) is 6.07. The summed E-state index contributed by atoms with van der Waals surface area (Å²) in [7, 11) is -4.04. The van der Waals surface area contributed by atoms with Crippen molar-refractivity contribution >= 4 is 9.84 Å². The second-order valence-electron chi connectivity index (χ2n) is 4.74. The third kappa shape index (κ3) is 3.52. The van der Waals surface area contributed by atoms with Gasteiger partial charge >= 0.3 is 12.1 Å². The van der Waals surface area contributed by atoms with Gasteiger partial charge in [0, 0.05) is 0 Å². The van der Waals surface area contributed by atoms with Crippen LogP contribution >= 0.6 is 0 Å². The topological polar surface area (TPSA) is 77.7 Å². The van der Waals surface area contributed by atoms with Crippen molar-refractivity contribution in [3.63, 3.8) is 0 Å². The van der Waals surface area contributed by atoms with Gasteiger partial charge in [0.1, 0.15) is 12.7 Å². The summed E-state index contributed by atoms with van der Waals surface area (Å²) in [6, 6.07) is 2.08. The van der Waals surface area contributed by atoms with Crippen LogP contribution in [0.3, 0.4) is 0 Å². The normalized spacial score (nSPS) is 13.2. The molecule has 0 amide bonds. The number of nitrogens with zero attached hydrogens (tertiary/aromatic N) is 4. The Balaban J connectivity index is 2.58. The number of hydrogen-bond donors (Lipinski definition) is 0. The van der Waals surface area contributed by atoms with Gasteiger partial charge in [-0.15, -0.1) is 0 Å². The minimum atomic E-state index is -5.83. The van der Waals surface area contributed by atoms with Gasteiger partial charge in [-0.1, -0.05) is 6.92 Å². The van der Waals surface area contributed by atoms with Gasteiger partial charge in [-0.25, -0.2) is 23.1 Å². The van der Waals surface area contributed by atoms with E-state index in [1.54, 1.807) is 0 Å². The summed E-state index contributed by atoms with van der Waals surface area (Å²) in [5.41, 5.74) is -0.882. The number of halogens is 5. The average Bonchev–Trinajstić information content (AvgIpc) is 2.99. The molecule has 0 N–H and O–H groups in total. The van der Waals surface area contributed by atoms with Crippen LogP contribution in [0.4, 0.5) is 22.0 Å². The summed E-state index contributed by atoms with van der Waals surface area (Å²) >= 11 is 0. The van der Waals surface area contributed by atoms with Crippen molar-refractivity contribution in [2.24, 2.45) is 0 Å². The standard InChI is InChI=1S/C12H11F5N4O2S/c1-2-24(22,23)9-3-4-10(21-7-18-6-19-21)20-8(9)5-11(13,14)12(15,16)17/h3-4,6-7H,2,5H2,1H3. The van der Waals surface area contributed by atoms with Crippen LogP contribution in [-0.4, -0.2) is 46.0 Å². The van der Waals surface area contributed by atoms with Crippen LogP contribution in [0.2, 0.25) is 0 Å². The molecule has 2 heterocycles. The predicted molar refractivity (Wildman–Crippen MR) is 71.6 cm³/mol. The predicted octanol–water partition coefficient (Wildman–Crippen LogP) is 2.20. The van der Waals surface area contributed by atoms with E-state index in [1.807, 2.05) is 0 Å². The Labute approximate surface area is 133 Å². The van der Waals surface area contributed by atoms with Crippen LogP contribution in [0.25, 0.3) is 5.82 Å². The molecule has 0 radical (unpaired) electrons. The molecule has 0 bridgehead atoms. The van der Waals surface area contributed by atoms with E-state index < -0.39 is 44.7 Å². The van der Waals surface area contributed by atoms with Crippen LogP contribution < -0.4 is 0 Å². The number of alkyl halides is 5. The number of sulfone groups is 1. The van der Waals surface area contributed by atoms with Crippen molar-refractivity contribution < 1.29 is 30.4 Å². The van der Waals surface area contributed by atoms with Crippen LogP contribution in [-0.2, 0) is 16.3 Å². The molecule has 0 unspecified atom stereocenters. The number of aromatic nitrogens is 4. The molecular formula is C12H11F5N4O2S. The zero-order valence-corrected chi connectivity index (χ0v) is 12.9. The first kappa shape index (κ1) is 18.2. The Bertz CT molecular complexity index is 818. The van der Waals surface area contributed by atoms with Crippen molar-refractivity contribution in [2.75, 3.05) is 5.75 Å². The van der Waals surface area contributed by atoms with Gasteiger partial charge in [-0.3, -0.25) is 0 Å². The maximum absolute atomic E-state index is 13.4. The highest BCUT2D eigenvalue weighted by atomic mass is 32.2. The minimum Gasteiger partial charge on any atom is -0.232 e. The minimum absolute atomic E-state index is 0.129. The maximum atomic E-state index is 13.4. The van der Waals surface area contributed by atoms with Gasteiger partial charge in [-0.05, 0) is 12.1 Å². The fourth-order valence-corrected chi connectivity index (χ4v) is 2.87. The van der Waals surface area contributed by atoms with Crippen molar-refractivity contribution in [3.8, 4) is 5.82 Å². The largest absolute Gasteiger partial charge is 0.453 e. The summed E-state index contributed by atoms with van der Waals surface area (Å²) in [6.07, 6.45) is -5.48. The zero-order valence-electron chi connectivity index (χ0n) is 12.1. The fraction of sp³-hybridized carbons (Fsp3) is 0.417. The molecule has 0 atom stereocenters. The van der Waals surface area contributed by atoms with E-state index in [0.29, 0.717) is 0 Å². The molecule has 0 saturated heterocycles. The summed E-state index contributed by atoms with van der Waals surface area (Å²) in [4.78, 5) is 6.56. The van der Waals surface area contributed by atoms with Crippen molar-refractivity contribution in [1.29, 1.82) is 0 Å². The Morgan fingerprint density at radius 3 is 2.33 bits per heavy atom. The smallest absolute Gasteiger partial charge is 0.232 e. The highest BCUT2D eigenvalue weighted by molar-refractivity contribution is 7.91. The van der Waals surface area contributed by atoms with E-state index in [0.717, 1.165) is 29.5 Å². The van der Waals surface area contributed by atoms with E-state index in [1.165, 1.54) is 6.92 Å². The fourth-order valence-electron chi connectivity index (χ4n) is 1.81. The number of rotatable bonds is 5. The van der Waals surface area contributed by atoms with Gasteiger partial charge < -0.3 is 0 Å². The summed E-state index contributed by atoms with van der Waals surface area (Å²) < 4.78 is 89.0. The molecule has 2 rings (SSSR count). The lowest BCUT2D eigenvalue weighted by molar-refractivity contribution is -0.281. The Morgan fingerprint density at radius 2 is 1.83 bits per heavy atom. The van der Waals surface area contributed by atoms with Crippen LogP contribution in [0, 0.1) is 0 Å². The highest BCUT2D eigenvalue weighted by Gasteiger charge is 2.57. The maximum Gasteiger partial charge on any atom is 0.453 e. The first-order chi connectivity index (χ1) is 11.0. The lowest BCUT2D eigenvalue weighted by Gasteiger charge is -2.20. The second-order valence-corrected chi connectivity index (χ2v) is 6.98. The Kier molecular flexibility index (Phi) is 4.61. The molecule has 6 nitrogen and oxygen atoms in total.